The highest BCUT2D eigenvalue weighted by molar-refractivity contribution is 6.24. The molecule has 0 radical (unpaired) electrons. The molecule has 0 saturated heterocycles. The zero-order valence-electron chi connectivity index (χ0n) is 10.5. The molecular formula is C14H9NO5. The van der Waals surface area contributed by atoms with Gasteiger partial charge < -0.3 is 0 Å². The molecule has 0 spiro atoms. The van der Waals surface area contributed by atoms with Gasteiger partial charge in [-0.2, -0.15) is 0 Å². The molecule has 3 rings (SSSR count). The molecule has 2 amide bonds. The number of hydrogen-bond donors (Lipinski definition) is 0. The zero-order chi connectivity index (χ0) is 14.3. The van der Waals surface area contributed by atoms with Crippen LogP contribution in [0.5, 0.6) is 0 Å². The van der Waals surface area contributed by atoms with Gasteiger partial charge in [-0.25, -0.2) is 4.79 Å². The Morgan fingerprint density at radius 1 is 1.00 bits per heavy atom. The first kappa shape index (κ1) is 12.3. The Morgan fingerprint density at radius 3 is 2.05 bits per heavy atom. The van der Waals surface area contributed by atoms with Crippen LogP contribution >= 0.6 is 0 Å². The molecule has 0 aliphatic carbocycles. The molecule has 20 heavy (non-hydrogen) atoms. The molecule has 6 heteroatoms. The molecule has 2 aromatic carbocycles. The van der Waals surface area contributed by atoms with E-state index in [1.54, 1.807) is 24.3 Å². The van der Waals surface area contributed by atoms with E-state index in [2.05, 4.69) is 9.88 Å². The topological polar surface area (TPSA) is 72.9 Å². The molecule has 2 aromatic rings. The van der Waals surface area contributed by atoms with Crippen molar-refractivity contribution in [2.75, 3.05) is 0 Å². The standard InChI is InChI=1S/C14H9NO5/c1-8(16)19-20-15-13(17)10-6-2-4-9-5-3-7-11(12(9)10)14(15)18/h2-7H,1H3. The third-order valence-electron chi connectivity index (χ3n) is 2.96. The zero-order valence-corrected chi connectivity index (χ0v) is 10.5. The van der Waals surface area contributed by atoms with E-state index < -0.39 is 17.8 Å². The van der Waals surface area contributed by atoms with Gasteiger partial charge in [-0.05, 0) is 22.5 Å². The molecule has 1 aliphatic rings. The van der Waals surface area contributed by atoms with Gasteiger partial charge in [0.1, 0.15) is 0 Å². The highest BCUT2D eigenvalue weighted by Crippen LogP contribution is 2.29. The molecule has 100 valence electrons. The number of nitrogens with zero attached hydrogens (tertiary/aromatic N) is 1. The molecule has 1 heterocycles. The second-order valence-corrected chi connectivity index (χ2v) is 4.26. The first-order valence-corrected chi connectivity index (χ1v) is 5.85. The number of hydrogen-bond acceptors (Lipinski definition) is 5. The predicted molar refractivity (Wildman–Crippen MR) is 67.3 cm³/mol. The van der Waals surface area contributed by atoms with Crippen LogP contribution < -0.4 is 0 Å². The second-order valence-electron chi connectivity index (χ2n) is 4.26. The minimum Gasteiger partial charge on any atom is -0.275 e. The van der Waals surface area contributed by atoms with E-state index in [0.29, 0.717) is 21.6 Å². The average molecular weight is 271 g/mol. The van der Waals surface area contributed by atoms with Crippen molar-refractivity contribution in [3.63, 3.8) is 0 Å². The highest BCUT2D eigenvalue weighted by Gasteiger charge is 2.35. The van der Waals surface area contributed by atoms with Gasteiger partial charge in [0.05, 0.1) is 11.1 Å². The minimum absolute atomic E-state index is 0.324. The molecule has 0 bridgehead atoms. The van der Waals surface area contributed by atoms with E-state index in [1.165, 1.54) is 0 Å². The molecule has 0 atom stereocenters. The van der Waals surface area contributed by atoms with Crippen LogP contribution in [0.15, 0.2) is 36.4 Å². The Kier molecular flexibility index (Phi) is 2.73. The fourth-order valence-corrected chi connectivity index (χ4v) is 2.17. The molecule has 0 unspecified atom stereocenters. The van der Waals surface area contributed by atoms with E-state index >= 15 is 0 Å². The normalized spacial score (nSPS) is 13.8. The summed E-state index contributed by atoms with van der Waals surface area (Å²) < 4.78 is 0. The van der Waals surface area contributed by atoms with E-state index in [4.69, 9.17) is 0 Å². The number of carbonyl (C=O) groups is 3. The summed E-state index contributed by atoms with van der Waals surface area (Å²) in [6.07, 6.45) is 0. The first-order valence-electron chi connectivity index (χ1n) is 5.85. The van der Waals surface area contributed by atoms with Gasteiger partial charge in [0.2, 0.25) is 0 Å². The van der Waals surface area contributed by atoms with Gasteiger partial charge >= 0.3 is 5.97 Å². The number of carbonyl (C=O) groups excluding carboxylic acids is 3. The number of benzene rings is 2. The van der Waals surface area contributed by atoms with Gasteiger partial charge in [0.25, 0.3) is 11.8 Å². The molecule has 0 aromatic heterocycles. The van der Waals surface area contributed by atoms with Crippen LogP contribution in [0.4, 0.5) is 0 Å². The van der Waals surface area contributed by atoms with Crippen molar-refractivity contribution in [1.29, 1.82) is 0 Å². The highest BCUT2D eigenvalue weighted by atomic mass is 17.3. The van der Waals surface area contributed by atoms with Gasteiger partial charge in [-0.15, -0.1) is 5.06 Å². The monoisotopic (exact) mass is 271 g/mol. The van der Waals surface area contributed by atoms with E-state index in [0.717, 1.165) is 12.3 Å². The van der Waals surface area contributed by atoms with Crippen LogP contribution in [0.25, 0.3) is 10.8 Å². The molecule has 0 saturated carbocycles. The van der Waals surface area contributed by atoms with Crippen LogP contribution in [0.2, 0.25) is 0 Å². The van der Waals surface area contributed by atoms with Gasteiger partial charge in [-0.3, -0.25) is 14.5 Å². The van der Waals surface area contributed by atoms with Crippen molar-refractivity contribution in [2.24, 2.45) is 0 Å². The van der Waals surface area contributed by atoms with Crippen molar-refractivity contribution in [1.82, 2.24) is 5.06 Å². The van der Waals surface area contributed by atoms with Crippen molar-refractivity contribution < 1.29 is 24.3 Å². The molecular weight excluding hydrogens is 262 g/mol. The SMILES string of the molecule is CC(=O)OON1C(=O)c2cccc3cccc(c23)C1=O. The summed E-state index contributed by atoms with van der Waals surface area (Å²) in [5, 5.41) is 1.81. The maximum absolute atomic E-state index is 12.2. The molecule has 6 nitrogen and oxygen atoms in total. The summed E-state index contributed by atoms with van der Waals surface area (Å²) in [5.41, 5.74) is 0.648. The van der Waals surface area contributed by atoms with Crippen LogP contribution in [0.3, 0.4) is 0 Å². The Labute approximate surface area is 113 Å². The lowest BCUT2D eigenvalue weighted by Gasteiger charge is -2.23. The van der Waals surface area contributed by atoms with E-state index in [-0.39, 0.29) is 0 Å². The van der Waals surface area contributed by atoms with Gasteiger partial charge in [-0.1, -0.05) is 24.3 Å². The predicted octanol–water partition coefficient (Wildman–Crippen LogP) is 1.85. The van der Waals surface area contributed by atoms with E-state index in [1.807, 2.05) is 12.1 Å². The minimum atomic E-state index is -0.761. The quantitative estimate of drug-likeness (QED) is 0.473. The summed E-state index contributed by atoms with van der Waals surface area (Å²) in [7, 11) is 0. The smallest absolute Gasteiger partial charge is 0.275 e. The number of rotatable bonds is 2. The lowest BCUT2D eigenvalue weighted by atomic mass is 9.95. The fourth-order valence-electron chi connectivity index (χ4n) is 2.17. The van der Waals surface area contributed by atoms with Crippen molar-refractivity contribution in [3.05, 3.63) is 47.5 Å². The maximum atomic E-state index is 12.2. The Bertz CT molecular complexity index is 702. The fraction of sp³-hybridized carbons (Fsp3) is 0.0714. The van der Waals surface area contributed by atoms with Crippen molar-refractivity contribution >= 4 is 28.6 Å². The van der Waals surface area contributed by atoms with Crippen molar-refractivity contribution in [2.45, 2.75) is 6.92 Å². The number of amides is 2. The summed E-state index contributed by atoms with van der Waals surface area (Å²) in [6, 6.07) is 10.2. The summed E-state index contributed by atoms with van der Waals surface area (Å²) in [4.78, 5) is 44.0. The Hall–Kier alpha value is -2.73. The van der Waals surface area contributed by atoms with Gasteiger partial charge in [0.15, 0.2) is 0 Å². The Morgan fingerprint density at radius 2 is 1.55 bits per heavy atom. The molecule has 1 aliphatic heterocycles. The summed E-state index contributed by atoms with van der Waals surface area (Å²) >= 11 is 0. The first-order chi connectivity index (χ1) is 9.59. The third kappa shape index (κ3) is 1.74. The van der Waals surface area contributed by atoms with Crippen molar-refractivity contribution in [3.8, 4) is 0 Å². The van der Waals surface area contributed by atoms with Crippen LogP contribution in [0, 0.1) is 0 Å². The lowest BCUT2D eigenvalue weighted by molar-refractivity contribution is -0.355. The summed E-state index contributed by atoms with van der Waals surface area (Å²) in [5.74, 6) is -2.09. The lowest BCUT2D eigenvalue weighted by Crippen LogP contribution is -2.40. The van der Waals surface area contributed by atoms with Gasteiger partial charge in [0, 0.05) is 12.3 Å². The largest absolute Gasteiger partial charge is 0.342 e. The number of hydroxylamine groups is 2. The van der Waals surface area contributed by atoms with Crippen LogP contribution in [0.1, 0.15) is 27.6 Å². The van der Waals surface area contributed by atoms with E-state index in [9.17, 15) is 14.4 Å². The third-order valence-corrected chi connectivity index (χ3v) is 2.96. The van der Waals surface area contributed by atoms with Crippen LogP contribution in [-0.4, -0.2) is 22.8 Å². The summed E-state index contributed by atoms with van der Waals surface area (Å²) in [6.45, 7) is 1.10. The second kappa shape index (κ2) is 4.43. The Balaban J connectivity index is 2.14. The molecule has 0 fully saturated rings. The maximum Gasteiger partial charge on any atom is 0.342 e. The molecule has 0 N–H and O–H groups in total. The van der Waals surface area contributed by atoms with Crippen LogP contribution in [-0.2, 0) is 14.7 Å². The number of imide groups is 1. The average Bonchev–Trinajstić information content (AvgIpc) is 2.44.